The lowest BCUT2D eigenvalue weighted by Crippen LogP contribution is -2.61. The zero-order valence-corrected chi connectivity index (χ0v) is 13.5. The van der Waals surface area contributed by atoms with Gasteiger partial charge in [-0.1, -0.05) is 40.0 Å². The van der Waals surface area contributed by atoms with Crippen LogP contribution in [0.5, 0.6) is 0 Å². The van der Waals surface area contributed by atoms with Crippen molar-refractivity contribution >= 4 is 0 Å². The third kappa shape index (κ3) is 3.72. The molecular formula is C17H34N2. The van der Waals surface area contributed by atoms with Gasteiger partial charge >= 0.3 is 0 Å². The van der Waals surface area contributed by atoms with Gasteiger partial charge in [-0.3, -0.25) is 4.90 Å². The smallest absolute Gasteiger partial charge is 0.0224 e. The van der Waals surface area contributed by atoms with Crippen LogP contribution in [0.4, 0.5) is 0 Å². The fourth-order valence-corrected chi connectivity index (χ4v) is 4.31. The maximum Gasteiger partial charge on any atom is 0.0224 e. The van der Waals surface area contributed by atoms with E-state index in [2.05, 4.69) is 37.9 Å². The molecule has 1 aliphatic heterocycles. The number of hydrogen-bond donors (Lipinski definition) is 1. The van der Waals surface area contributed by atoms with E-state index in [1.54, 1.807) is 0 Å². The Hall–Kier alpha value is -0.0800. The summed E-state index contributed by atoms with van der Waals surface area (Å²) in [6.07, 6.45) is 8.59. The number of nitrogens with one attached hydrogen (secondary N) is 1. The molecule has 3 atom stereocenters. The van der Waals surface area contributed by atoms with Crippen LogP contribution in [0.2, 0.25) is 0 Å². The predicted octanol–water partition coefficient (Wildman–Crippen LogP) is 3.66. The van der Waals surface area contributed by atoms with E-state index in [9.17, 15) is 0 Å². The van der Waals surface area contributed by atoms with Crippen molar-refractivity contribution in [2.45, 2.75) is 84.3 Å². The van der Waals surface area contributed by atoms with Crippen molar-refractivity contribution < 1.29 is 0 Å². The van der Waals surface area contributed by atoms with Gasteiger partial charge in [0.25, 0.3) is 0 Å². The van der Waals surface area contributed by atoms with E-state index in [0.29, 0.717) is 6.04 Å². The molecule has 2 aliphatic rings. The lowest BCUT2D eigenvalue weighted by molar-refractivity contribution is 0.0449. The summed E-state index contributed by atoms with van der Waals surface area (Å²) in [6.45, 7) is 12.0. The van der Waals surface area contributed by atoms with Gasteiger partial charge in [0, 0.05) is 31.2 Å². The molecular weight excluding hydrogens is 232 g/mol. The number of nitrogens with zero attached hydrogens (tertiary/aromatic N) is 1. The first-order valence-electron chi connectivity index (χ1n) is 8.62. The first kappa shape index (κ1) is 15.3. The summed E-state index contributed by atoms with van der Waals surface area (Å²) in [4.78, 5) is 2.81. The lowest BCUT2D eigenvalue weighted by Gasteiger charge is -2.47. The second-order valence-corrected chi connectivity index (χ2v) is 7.18. The molecule has 0 bridgehead atoms. The van der Waals surface area contributed by atoms with Gasteiger partial charge in [-0.15, -0.1) is 0 Å². The summed E-state index contributed by atoms with van der Waals surface area (Å²) in [5.74, 6) is 1.71. The number of rotatable bonds is 4. The van der Waals surface area contributed by atoms with Gasteiger partial charge in [-0.25, -0.2) is 0 Å². The van der Waals surface area contributed by atoms with Crippen LogP contribution in [0.25, 0.3) is 0 Å². The lowest BCUT2D eigenvalue weighted by atomic mass is 9.82. The molecule has 1 saturated carbocycles. The summed E-state index contributed by atoms with van der Waals surface area (Å²) in [7, 11) is 0. The van der Waals surface area contributed by atoms with Crippen molar-refractivity contribution in [2.24, 2.45) is 11.8 Å². The second kappa shape index (κ2) is 7.08. The molecule has 1 heterocycles. The molecule has 2 rings (SSSR count). The van der Waals surface area contributed by atoms with Crippen LogP contribution in [0, 0.1) is 11.8 Å². The van der Waals surface area contributed by atoms with E-state index < -0.39 is 0 Å². The van der Waals surface area contributed by atoms with Gasteiger partial charge in [0.2, 0.25) is 0 Å². The zero-order valence-electron chi connectivity index (χ0n) is 13.5. The quantitative estimate of drug-likeness (QED) is 0.835. The normalized spacial score (nSPS) is 32.7. The fourth-order valence-electron chi connectivity index (χ4n) is 4.31. The van der Waals surface area contributed by atoms with Crippen LogP contribution in [0.1, 0.15) is 66.2 Å². The number of piperazine rings is 1. The molecule has 19 heavy (non-hydrogen) atoms. The fraction of sp³-hybridized carbons (Fsp3) is 1.00. The molecule has 0 radical (unpaired) electrons. The summed E-state index contributed by atoms with van der Waals surface area (Å²) in [5, 5.41) is 3.84. The largest absolute Gasteiger partial charge is 0.311 e. The molecule has 0 aromatic carbocycles. The standard InChI is InChI=1S/C17H34N2/c1-5-17(13(2)3)19-12-16(18-11-14(19)4)15-9-7-6-8-10-15/h13-18H,5-12H2,1-4H3. The van der Waals surface area contributed by atoms with E-state index in [1.807, 2.05) is 0 Å². The van der Waals surface area contributed by atoms with Crippen molar-refractivity contribution in [1.29, 1.82) is 0 Å². The van der Waals surface area contributed by atoms with Crippen molar-refractivity contribution in [2.75, 3.05) is 13.1 Å². The van der Waals surface area contributed by atoms with Crippen LogP contribution in [0.15, 0.2) is 0 Å². The van der Waals surface area contributed by atoms with Crippen molar-refractivity contribution in [3.63, 3.8) is 0 Å². The first-order valence-corrected chi connectivity index (χ1v) is 8.62. The van der Waals surface area contributed by atoms with Gasteiger partial charge in [0.1, 0.15) is 0 Å². The van der Waals surface area contributed by atoms with Gasteiger partial charge < -0.3 is 5.32 Å². The Morgan fingerprint density at radius 3 is 2.42 bits per heavy atom. The van der Waals surface area contributed by atoms with Crippen LogP contribution in [-0.2, 0) is 0 Å². The monoisotopic (exact) mass is 266 g/mol. The minimum Gasteiger partial charge on any atom is -0.311 e. The minimum atomic E-state index is 0.701. The van der Waals surface area contributed by atoms with E-state index in [4.69, 9.17) is 0 Å². The third-order valence-corrected chi connectivity index (χ3v) is 5.48. The number of hydrogen-bond acceptors (Lipinski definition) is 2. The predicted molar refractivity (Wildman–Crippen MR) is 83.5 cm³/mol. The SMILES string of the molecule is CCC(C(C)C)N1CC(C2CCCCC2)NCC1C. The van der Waals surface area contributed by atoms with Crippen molar-refractivity contribution in [3.8, 4) is 0 Å². The molecule has 2 fully saturated rings. The Kier molecular flexibility index (Phi) is 5.70. The Bertz CT molecular complexity index is 258. The highest BCUT2D eigenvalue weighted by atomic mass is 15.3. The van der Waals surface area contributed by atoms with Gasteiger partial charge in [-0.05, 0) is 38.0 Å². The molecule has 0 spiro atoms. The highest BCUT2D eigenvalue weighted by molar-refractivity contribution is 4.92. The summed E-state index contributed by atoms with van der Waals surface area (Å²) in [5.41, 5.74) is 0. The van der Waals surface area contributed by atoms with E-state index in [-0.39, 0.29) is 0 Å². The van der Waals surface area contributed by atoms with Crippen molar-refractivity contribution in [1.82, 2.24) is 10.2 Å². The molecule has 1 aliphatic carbocycles. The van der Waals surface area contributed by atoms with E-state index in [1.165, 1.54) is 51.6 Å². The molecule has 2 heteroatoms. The molecule has 3 unspecified atom stereocenters. The Balaban J connectivity index is 1.98. The molecule has 2 nitrogen and oxygen atoms in total. The molecule has 1 N–H and O–H groups in total. The molecule has 0 aromatic heterocycles. The summed E-state index contributed by atoms with van der Waals surface area (Å²) >= 11 is 0. The molecule has 112 valence electrons. The molecule has 0 amide bonds. The Morgan fingerprint density at radius 2 is 1.84 bits per heavy atom. The van der Waals surface area contributed by atoms with Crippen molar-refractivity contribution in [3.05, 3.63) is 0 Å². The maximum atomic E-state index is 3.84. The Labute approximate surface area is 120 Å². The van der Waals surface area contributed by atoms with E-state index in [0.717, 1.165) is 23.9 Å². The average Bonchev–Trinajstić information content (AvgIpc) is 2.42. The van der Waals surface area contributed by atoms with Crippen LogP contribution in [-0.4, -0.2) is 36.1 Å². The Morgan fingerprint density at radius 1 is 1.16 bits per heavy atom. The van der Waals surface area contributed by atoms with Gasteiger partial charge in [-0.2, -0.15) is 0 Å². The average molecular weight is 266 g/mol. The van der Waals surface area contributed by atoms with Crippen LogP contribution in [0.3, 0.4) is 0 Å². The molecule has 0 aromatic rings. The van der Waals surface area contributed by atoms with Gasteiger partial charge in [0.05, 0.1) is 0 Å². The van der Waals surface area contributed by atoms with Gasteiger partial charge in [0.15, 0.2) is 0 Å². The first-order chi connectivity index (χ1) is 9.13. The third-order valence-electron chi connectivity index (χ3n) is 5.48. The maximum absolute atomic E-state index is 3.84. The zero-order chi connectivity index (χ0) is 13.8. The van der Waals surface area contributed by atoms with E-state index >= 15 is 0 Å². The highest BCUT2D eigenvalue weighted by Gasteiger charge is 2.34. The van der Waals surface area contributed by atoms with Crippen LogP contribution >= 0.6 is 0 Å². The summed E-state index contributed by atoms with van der Waals surface area (Å²) in [6, 6.07) is 2.22. The second-order valence-electron chi connectivity index (χ2n) is 7.18. The molecule has 1 saturated heterocycles. The minimum absolute atomic E-state index is 0.701. The topological polar surface area (TPSA) is 15.3 Å². The summed E-state index contributed by atoms with van der Waals surface area (Å²) < 4.78 is 0. The highest BCUT2D eigenvalue weighted by Crippen LogP contribution is 2.30. The van der Waals surface area contributed by atoms with Crippen LogP contribution < -0.4 is 5.32 Å².